The number of nitrogens with one attached hydrogen (secondary N) is 1. The number of rotatable bonds is 3. The van der Waals surface area contributed by atoms with E-state index in [1.54, 1.807) is 0 Å². The monoisotopic (exact) mass is 181 g/mol. The van der Waals surface area contributed by atoms with Crippen LogP contribution >= 0.6 is 0 Å². The van der Waals surface area contributed by atoms with Gasteiger partial charge in [0, 0.05) is 12.2 Å². The first kappa shape index (κ1) is 9.07. The summed E-state index contributed by atoms with van der Waals surface area (Å²) in [6.45, 7) is 5.32. The van der Waals surface area contributed by atoms with Crippen LogP contribution in [-0.4, -0.2) is 18.8 Å². The molecule has 74 valence electrons. The molecule has 0 aromatic heterocycles. The van der Waals surface area contributed by atoms with Gasteiger partial charge in [-0.25, -0.2) is 0 Å². The van der Waals surface area contributed by atoms with Crippen molar-refractivity contribution in [1.29, 1.82) is 0 Å². The van der Waals surface area contributed by atoms with Crippen molar-refractivity contribution < 1.29 is 4.74 Å². The molecule has 1 heterocycles. The number of ether oxygens (including phenoxy) is 1. The summed E-state index contributed by atoms with van der Waals surface area (Å²) in [6.07, 6.45) is 7.27. The van der Waals surface area contributed by atoms with Gasteiger partial charge in [-0.1, -0.05) is 6.08 Å². The van der Waals surface area contributed by atoms with Gasteiger partial charge in [0.25, 0.3) is 0 Å². The van der Waals surface area contributed by atoms with E-state index in [0.29, 0.717) is 12.2 Å². The molecular weight excluding hydrogens is 162 g/mol. The fraction of sp³-hybridized carbons (Fsp3) is 0.818. The van der Waals surface area contributed by atoms with Crippen LogP contribution in [0.3, 0.4) is 0 Å². The quantitative estimate of drug-likeness (QED) is 0.674. The summed E-state index contributed by atoms with van der Waals surface area (Å²) in [5, 5.41) is 3.45. The van der Waals surface area contributed by atoms with Crippen LogP contribution in [0.1, 0.15) is 33.1 Å². The van der Waals surface area contributed by atoms with Crippen molar-refractivity contribution in [2.75, 3.05) is 6.54 Å². The Morgan fingerprint density at radius 3 is 3.00 bits per heavy atom. The first-order chi connectivity index (χ1) is 6.29. The van der Waals surface area contributed by atoms with Crippen LogP contribution in [0, 0.1) is 5.92 Å². The number of hydrogen-bond acceptors (Lipinski definition) is 2. The van der Waals surface area contributed by atoms with Gasteiger partial charge in [0.15, 0.2) is 0 Å². The van der Waals surface area contributed by atoms with E-state index in [0.717, 1.165) is 12.5 Å². The van der Waals surface area contributed by atoms with Crippen molar-refractivity contribution in [1.82, 2.24) is 5.32 Å². The molecule has 1 saturated carbocycles. The molecule has 0 aromatic carbocycles. The molecule has 2 heteroatoms. The van der Waals surface area contributed by atoms with Gasteiger partial charge in [0.2, 0.25) is 0 Å². The number of fused-ring (bicyclic) bond motifs is 1. The van der Waals surface area contributed by atoms with Gasteiger partial charge in [-0.3, -0.25) is 0 Å². The summed E-state index contributed by atoms with van der Waals surface area (Å²) in [6, 6.07) is 0. The molecule has 13 heavy (non-hydrogen) atoms. The number of hydrogen-bond donors (Lipinski definition) is 1. The molecule has 1 saturated heterocycles. The van der Waals surface area contributed by atoms with E-state index in [-0.39, 0.29) is 0 Å². The average molecular weight is 181 g/mol. The summed E-state index contributed by atoms with van der Waals surface area (Å²) in [5.41, 5.74) is 1.29. The highest BCUT2D eigenvalue weighted by Gasteiger charge is 2.43. The lowest BCUT2D eigenvalue weighted by Gasteiger charge is -2.19. The van der Waals surface area contributed by atoms with Crippen LogP contribution in [0.4, 0.5) is 0 Å². The maximum atomic E-state index is 5.50. The smallest absolute Gasteiger partial charge is 0.0845 e. The number of epoxide rings is 1. The fourth-order valence-electron chi connectivity index (χ4n) is 2.08. The normalized spacial score (nSPS) is 38.3. The molecule has 0 amide bonds. The second-order valence-electron chi connectivity index (χ2n) is 4.24. The van der Waals surface area contributed by atoms with Crippen LogP contribution in [0.15, 0.2) is 11.8 Å². The van der Waals surface area contributed by atoms with Crippen molar-refractivity contribution >= 4 is 0 Å². The maximum Gasteiger partial charge on any atom is 0.0845 e. The fourth-order valence-corrected chi connectivity index (χ4v) is 2.08. The van der Waals surface area contributed by atoms with Gasteiger partial charge >= 0.3 is 0 Å². The van der Waals surface area contributed by atoms with Gasteiger partial charge in [-0.2, -0.15) is 0 Å². The molecule has 2 rings (SSSR count). The van der Waals surface area contributed by atoms with Crippen LogP contribution in [0.5, 0.6) is 0 Å². The summed E-state index contributed by atoms with van der Waals surface area (Å²) in [4.78, 5) is 0. The minimum atomic E-state index is 0.617. The van der Waals surface area contributed by atoms with Crippen molar-refractivity contribution in [3.63, 3.8) is 0 Å². The second kappa shape index (κ2) is 3.70. The van der Waals surface area contributed by atoms with Crippen LogP contribution in [-0.2, 0) is 4.74 Å². The topological polar surface area (TPSA) is 24.6 Å². The predicted octanol–water partition coefficient (Wildman–Crippen LogP) is 2.07. The average Bonchev–Trinajstić information content (AvgIpc) is 2.91. The SMILES string of the molecule is CC=C(C)NCC1CCC2OC2C1. The van der Waals surface area contributed by atoms with E-state index >= 15 is 0 Å². The highest BCUT2D eigenvalue weighted by Crippen LogP contribution is 2.39. The Morgan fingerprint density at radius 1 is 1.46 bits per heavy atom. The lowest BCUT2D eigenvalue weighted by atomic mass is 9.89. The van der Waals surface area contributed by atoms with E-state index in [2.05, 4.69) is 25.2 Å². The second-order valence-corrected chi connectivity index (χ2v) is 4.24. The van der Waals surface area contributed by atoms with Gasteiger partial charge in [-0.15, -0.1) is 0 Å². The van der Waals surface area contributed by atoms with Gasteiger partial charge in [0.05, 0.1) is 12.2 Å². The molecule has 1 N–H and O–H groups in total. The molecule has 0 radical (unpaired) electrons. The summed E-state index contributed by atoms with van der Waals surface area (Å²) >= 11 is 0. The van der Waals surface area contributed by atoms with Crippen molar-refractivity contribution in [3.05, 3.63) is 11.8 Å². The Morgan fingerprint density at radius 2 is 2.31 bits per heavy atom. The Balaban J connectivity index is 1.69. The van der Waals surface area contributed by atoms with Gasteiger partial charge < -0.3 is 10.1 Å². The van der Waals surface area contributed by atoms with Gasteiger partial charge in [-0.05, 0) is 39.0 Å². The molecule has 3 atom stereocenters. The maximum absolute atomic E-state index is 5.50. The molecule has 3 unspecified atom stereocenters. The van der Waals surface area contributed by atoms with E-state index in [4.69, 9.17) is 4.74 Å². The molecule has 0 bridgehead atoms. The lowest BCUT2D eigenvalue weighted by molar-refractivity contribution is 0.358. The largest absolute Gasteiger partial charge is 0.389 e. The zero-order chi connectivity index (χ0) is 9.26. The Hall–Kier alpha value is -0.500. The highest BCUT2D eigenvalue weighted by molar-refractivity contribution is 4.96. The minimum absolute atomic E-state index is 0.617. The standard InChI is InChI=1S/C11H19NO/c1-3-8(2)12-7-9-4-5-10-11(6-9)13-10/h3,9-12H,4-7H2,1-2H3. The van der Waals surface area contributed by atoms with Crippen molar-refractivity contribution in [3.8, 4) is 0 Å². The van der Waals surface area contributed by atoms with E-state index < -0.39 is 0 Å². The molecule has 2 nitrogen and oxygen atoms in total. The third-order valence-corrected chi connectivity index (χ3v) is 3.22. The van der Waals surface area contributed by atoms with E-state index in [9.17, 15) is 0 Å². The molecule has 1 aliphatic carbocycles. The predicted molar refractivity (Wildman–Crippen MR) is 53.4 cm³/mol. The minimum Gasteiger partial charge on any atom is -0.389 e. The summed E-state index contributed by atoms with van der Waals surface area (Å²) in [5.74, 6) is 0.832. The summed E-state index contributed by atoms with van der Waals surface area (Å²) < 4.78 is 5.50. The lowest BCUT2D eigenvalue weighted by Crippen LogP contribution is -2.25. The summed E-state index contributed by atoms with van der Waals surface area (Å²) in [7, 11) is 0. The zero-order valence-electron chi connectivity index (χ0n) is 8.55. The molecule has 2 fully saturated rings. The first-order valence-electron chi connectivity index (χ1n) is 5.32. The van der Waals surface area contributed by atoms with Crippen molar-refractivity contribution in [2.24, 2.45) is 5.92 Å². The zero-order valence-corrected chi connectivity index (χ0v) is 8.55. The number of allylic oxidation sites excluding steroid dienone is 2. The molecular formula is C11H19NO. The van der Waals surface area contributed by atoms with Crippen LogP contribution in [0.2, 0.25) is 0 Å². The molecule has 0 aromatic rings. The molecule has 0 spiro atoms. The highest BCUT2D eigenvalue weighted by atomic mass is 16.6. The van der Waals surface area contributed by atoms with Crippen LogP contribution < -0.4 is 5.32 Å². The van der Waals surface area contributed by atoms with Crippen LogP contribution in [0.25, 0.3) is 0 Å². The van der Waals surface area contributed by atoms with Crippen molar-refractivity contribution in [2.45, 2.75) is 45.3 Å². The third-order valence-electron chi connectivity index (χ3n) is 3.22. The Bertz CT molecular complexity index is 212. The van der Waals surface area contributed by atoms with Gasteiger partial charge in [0.1, 0.15) is 0 Å². The van der Waals surface area contributed by atoms with E-state index in [1.165, 1.54) is 25.0 Å². The Kier molecular flexibility index (Phi) is 2.58. The molecule has 1 aliphatic heterocycles. The molecule has 2 aliphatic rings. The van der Waals surface area contributed by atoms with E-state index in [1.807, 2.05) is 0 Å². The first-order valence-corrected chi connectivity index (χ1v) is 5.32. The Labute approximate surface area is 80.4 Å². The third kappa shape index (κ3) is 2.25.